The maximum absolute atomic E-state index is 6.45. The molecule has 0 fully saturated rings. The Morgan fingerprint density at radius 2 is 2.14 bits per heavy atom. The van der Waals surface area contributed by atoms with Gasteiger partial charge < -0.3 is 0 Å². The monoisotopic (exact) mass is 384 g/mol. The lowest BCUT2D eigenvalue weighted by Crippen LogP contribution is -2.41. The van der Waals surface area contributed by atoms with Crippen LogP contribution in [-0.2, 0) is 11.3 Å². The molecule has 0 amide bonds. The second-order valence-corrected chi connectivity index (χ2v) is 6.72. The van der Waals surface area contributed by atoms with Crippen molar-refractivity contribution in [2.24, 2.45) is 0 Å². The van der Waals surface area contributed by atoms with Crippen LogP contribution in [0.3, 0.4) is 0 Å². The van der Waals surface area contributed by atoms with E-state index in [-0.39, 0.29) is 5.38 Å². The van der Waals surface area contributed by atoms with E-state index in [0.717, 1.165) is 36.8 Å². The van der Waals surface area contributed by atoms with Gasteiger partial charge in [0.05, 0.1) is 12.5 Å². The molecule has 4 heteroatoms. The number of unbranched alkanes of at least 4 members (excludes halogenated alkanes) is 1. The Balaban J connectivity index is 2.58. The summed E-state index contributed by atoms with van der Waals surface area (Å²) in [4.78, 5) is 5.60. The maximum Gasteiger partial charge on any atom is 0.205 e. The van der Waals surface area contributed by atoms with Gasteiger partial charge in [0, 0.05) is 34.8 Å². The van der Waals surface area contributed by atoms with Gasteiger partial charge in [0.25, 0.3) is 0 Å². The van der Waals surface area contributed by atoms with Gasteiger partial charge in [-0.2, -0.15) is 0 Å². The molecule has 0 N–H and O–H groups in total. The molecular formula is C18H24BrClNO+. The number of hydroxylamine groups is 3. The highest BCUT2D eigenvalue weighted by Gasteiger charge is 2.27. The van der Waals surface area contributed by atoms with E-state index in [9.17, 15) is 0 Å². The smallest absolute Gasteiger partial charge is 0.201 e. The summed E-state index contributed by atoms with van der Waals surface area (Å²) in [5.41, 5.74) is 1.30. The lowest BCUT2D eigenvalue weighted by molar-refractivity contribution is -1.05. The maximum atomic E-state index is 6.45. The normalized spacial score (nSPS) is 15.9. The van der Waals surface area contributed by atoms with Crippen LogP contribution in [-0.4, -0.2) is 30.7 Å². The molecule has 2 nitrogen and oxygen atoms in total. The van der Waals surface area contributed by atoms with Crippen molar-refractivity contribution in [2.75, 3.05) is 20.7 Å². The minimum absolute atomic E-state index is 0.0465. The number of benzene rings is 1. The van der Waals surface area contributed by atoms with Crippen LogP contribution in [0, 0.1) is 12.3 Å². The molecule has 0 aliphatic rings. The van der Waals surface area contributed by atoms with Crippen LogP contribution in [0.5, 0.6) is 0 Å². The second-order valence-electron chi connectivity index (χ2n) is 5.34. The van der Waals surface area contributed by atoms with Gasteiger partial charge in [-0.15, -0.1) is 28.6 Å². The molecule has 0 bridgehead atoms. The molecule has 0 heterocycles. The number of rotatable bonds is 9. The molecule has 1 aromatic rings. The molecule has 0 aliphatic carbocycles. The Hall–Kier alpha value is -0.790. The van der Waals surface area contributed by atoms with Crippen LogP contribution in [0.15, 0.2) is 41.0 Å². The summed E-state index contributed by atoms with van der Waals surface area (Å²) >= 11 is 10.1. The van der Waals surface area contributed by atoms with Gasteiger partial charge in [-0.25, -0.2) is 4.84 Å². The van der Waals surface area contributed by atoms with E-state index in [4.69, 9.17) is 22.9 Å². The van der Waals surface area contributed by atoms with Crippen LogP contribution < -0.4 is 0 Å². The molecule has 1 rings (SSSR count). The summed E-state index contributed by atoms with van der Waals surface area (Å²) in [6.07, 6.45) is 10.8. The fraction of sp³-hybridized carbons (Fsp3) is 0.444. The molecule has 0 aliphatic heterocycles. The van der Waals surface area contributed by atoms with Crippen LogP contribution in [0.4, 0.5) is 0 Å². The first kappa shape index (κ1) is 19.3. The number of allylic oxidation sites excluding steroid dienone is 1. The average Bonchev–Trinajstić information content (AvgIpc) is 2.54. The van der Waals surface area contributed by atoms with Gasteiger partial charge in [-0.3, -0.25) is 0 Å². The average molecular weight is 386 g/mol. The van der Waals surface area contributed by atoms with Gasteiger partial charge >= 0.3 is 0 Å². The van der Waals surface area contributed by atoms with Crippen molar-refractivity contribution in [3.8, 4) is 12.3 Å². The first-order valence-corrected chi connectivity index (χ1v) is 8.65. The van der Waals surface area contributed by atoms with Gasteiger partial charge in [-0.05, 0) is 18.4 Å². The third kappa shape index (κ3) is 6.54. The van der Waals surface area contributed by atoms with E-state index in [0.29, 0.717) is 4.65 Å². The van der Waals surface area contributed by atoms with Crippen LogP contribution in [0.2, 0.25) is 0 Å². The zero-order valence-corrected chi connectivity index (χ0v) is 15.6. The van der Waals surface area contributed by atoms with Crippen molar-refractivity contribution in [3.63, 3.8) is 0 Å². The van der Waals surface area contributed by atoms with E-state index in [2.05, 4.69) is 46.1 Å². The largest absolute Gasteiger partial charge is 0.205 e. The Bertz CT molecular complexity index is 512. The number of hydrogen-bond acceptors (Lipinski definition) is 1. The number of hydrogen-bond donors (Lipinski definition) is 0. The molecule has 2 atom stereocenters. The van der Waals surface area contributed by atoms with Gasteiger partial charge in [0.15, 0.2) is 0 Å². The highest BCUT2D eigenvalue weighted by atomic mass is 79.9. The number of terminal acetylenes is 1. The Kier molecular flexibility index (Phi) is 8.82. The molecule has 22 heavy (non-hydrogen) atoms. The highest BCUT2D eigenvalue weighted by molar-refractivity contribution is 9.11. The van der Waals surface area contributed by atoms with Crippen molar-refractivity contribution >= 4 is 27.5 Å². The van der Waals surface area contributed by atoms with E-state index >= 15 is 0 Å². The summed E-state index contributed by atoms with van der Waals surface area (Å²) in [5, 5.41) is -0.0465. The van der Waals surface area contributed by atoms with Crippen molar-refractivity contribution in [3.05, 3.63) is 46.6 Å². The third-order valence-electron chi connectivity index (χ3n) is 3.63. The van der Waals surface area contributed by atoms with Gasteiger partial charge in [0.1, 0.15) is 13.6 Å². The summed E-state index contributed by atoms with van der Waals surface area (Å²) < 4.78 is 1.27. The van der Waals surface area contributed by atoms with E-state index in [1.54, 1.807) is 7.11 Å². The number of quaternary nitrogens is 1. The van der Waals surface area contributed by atoms with E-state index in [1.165, 1.54) is 5.56 Å². The standard InChI is InChI=1S/C18H24BrClNO/c1-4-5-9-14-21(2,22-3)18(19)15-17(20)13-12-16-10-7-6-8-11-16/h1,6-8,10-11,15,17H,5,9,12-14H2,2-3H3/q+1/b18-15+. The number of aryl methyl sites for hydroxylation is 1. The van der Waals surface area contributed by atoms with Crippen molar-refractivity contribution in [2.45, 2.75) is 31.1 Å². The minimum atomic E-state index is -0.0465. The fourth-order valence-electron chi connectivity index (χ4n) is 2.11. The first-order valence-electron chi connectivity index (χ1n) is 7.42. The van der Waals surface area contributed by atoms with Crippen molar-refractivity contribution < 1.29 is 9.48 Å². The predicted molar refractivity (Wildman–Crippen MR) is 97.5 cm³/mol. The highest BCUT2D eigenvalue weighted by Crippen LogP contribution is 2.25. The molecule has 0 aromatic heterocycles. The Morgan fingerprint density at radius 1 is 1.45 bits per heavy atom. The van der Waals surface area contributed by atoms with Gasteiger partial charge in [0.2, 0.25) is 4.61 Å². The van der Waals surface area contributed by atoms with Crippen LogP contribution in [0.1, 0.15) is 24.8 Å². The molecule has 2 unspecified atom stereocenters. The van der Waals surface area contributed by atoms with E-state index in [1.807, 2.05) is 19.2 Å². The summed E-state index contributed by atoms with van der Waals surface area (Å²) in [7, 11) is 3.69. The van der Waals surface area contributed by atoms with Crippen LogP contribution in [0.25, 0.3) is 0 Å². The molecule has 120 valence electrons. The molecular weight excluding hydrogens is 362 g/mol. The Morgan fingerprint density at radius 3 is 2.73 bits per heavy atom. The zero-order chi connectivity index (χ0) is 16.4. The minimum Gasteiger partial charge on any atom is -0.201 e. The number of nitrogens with zero attached hydrogens (tertiary/aromatic N) is 1. The Labute approximate surface area is 147 Å². The molecule has 0 saturated heterocycles. The molecule has 0 radical (unpaired) electrons. The number of alkyl halides is 1. The van der Waals surface area contributed by atoms with Crippen LogP contribution >= 0.6 is 27.5 Å². The van der Waals surface area contributed by atoms with Crippen molar-refractivity contribution in [1.82, 2.24) is 0 Å². The predicted octanol–water partition coefficient (Wildman–Crippen LogP) is 4.88. The second kappa shape index (κ2) is 10.1. The molecule has 0 saturated carbocycles. The third-order valence-corrected chi connectivity index (χ3v) is 4.99. The molecule has 0 spiro atoms. The number of halogens is 2. The quantitative estimate of drug-likeness (QED) is 0.147. The summed E-state index contributed by atoms with van der Waals surface area (Å²) in [5.74, 6) is 2.66. The molecule has 1 aromatic carbocycles. The SMILES string of the molecule is C#CCCC[N+](C)(OC)/C(Br)=C/C(Cl)CCc1ccccc1. The lowest BCUT2D eigenvalue weighted by Gasteiger charge is -2.29. The van der Waals surface area contributed by atoms with Crippen molar-refractivity contribution in [1.29, 1.82) is 0 Å². The topological polar surface area (TPSA) is 9.23 Å². The summed E-state index contributed by atoms with van der Waals surface area (Å²) in [6.45, 7) is 0.806. The fourth-order valence-corrected chi connectivity index (χ4v) is 3.13. The van der Waals surface area contributed by atoms with Gasteiger partial charge in [-0.1, -0.05) is 30.3 Å². The zero-order valence-electron chi connectivity index (χ0n) is 13.3. The lowest BCUT2D eigenvalue weighted by atomic mass is 10.1. The first-order chi connectivity index (χ1) is 10.5. The summed E-state index contributed by atoms with van der Waals surface area (Å²) in [6, 6.07) is 10.4. The van der Waals surface area contributed by atoms with E-state index < -0.39 is 0 Å².